The largest absolute Gasteiger partial charge is 0.486 e. The molecule has 11 heteroatoms. The Labute approximate surface area is 193 Å². The first kappa shape index (κ1) is 21.8. The van der Waals surface area contributed by atoms with Crippen molar-refractivity contribution in [3.05, 3.63) is 68.4 Å². The van der Waals surface area contributed by atoms with E-state index in [9.17, 15) is 14.9 Å². The topological polar surface area (TPSA) is 103 Å². The Morgan fingerprint density at radius 1 is 1.25 bits per heavy atom. The smallest absolute Gasteiger partial charge is 0.337 e. The quantitative estimate of drug-likeness (QED) is 0.305. The van der Waals surface area contributed by atoms with E-state index >= 15 is 0 Å². The minimum Gasteiger partial charge on any atom is -0.486 e. The van der Waals surface area contributed by atoms with Crippen molar-refractivity contribution in [1.29, 1.82) is 0 Å². The molecule has 166 valence electrons. The van der Waals surface area contributed by atoms with Gasteiger partial charge in [0.2, 0.25) is 0 Å². The lowest BCUT2D eigenvalue weighted by atomic mass is 9.94. The lowest BCUT2D eigenvalue weighted by Crippen LogP contribution is -2.48. The summed E-state index contributed by atoms with van der Waals surface area (Å²) in [7, 11) is 1.27. The van der Waals surface area contributed by atoms with Gasteiger partial charge < -0.3 is 19.5 Å². The van der Waals surface area contributed by atoms with Crippen LogP contribution in [-0.4, -0.2) is 36.3 Å². The van der Waals surface area contributed by atoms with Crippen LogP contribution in [0.15, 0.2) is 47.7 Å². The van der Waals surface area contributed by atoms with Crippen molar-refractivity contribution in [3.63, 3.8) is 0 Å². The normalized spacial score (nSPS) is 17.7. The van der Waals surface area contributed by atoms with Crippen LogP contribution in [0.25, 0.3) is 0 Å². The summed E-state index contributed by atoms with van der Waals surface area (Å²) in [6, 6.07) is 8.91. The van der Waals surface area contributed by atoms with Crippen molar-refractivity contribution in [2.24, 2.45) is 0 Å². The van der Waals surface area contributed by atoms with Crippen LogP contribution in [0, 0.1) is 10.1 Å². The number of methoxy groups -OCH3 is 1. The molecule has 2 aliphatic heterocycles. The first-order valence-corrected chi connectivity index (χ1v) is 10.3. The number of rotatable bonds is 4. The number of ether oxygens (including phenoxy) is 3. The van der Waals surface area contributed by atoms with E-state index < -0.39 is 16.9 Å². The maximum absolute atomic E-state index is 12.8. The Kier molecular flexibility index (Phi) is 5.90. The van der Waals surface area contributed by atoms with Gasteiger partial charge in [-0.25, -0.2) is 4.79 Å². The van der Waals surface area contributed by atoms with Crippen LogP contribution in [0.2, 0.25) is 5.02 Å². The van der Waals surface area contributed by atoms with Gasteiger partial charge in [-0.15, -0.1) is 0 Å². The fourth-order valence-corrected chi connectivity index (χ4v) is 4.25. The maximum atomic E-state index is 12.8. The first-order valence-electron chi connectivity index (χ1n) is 9.55. The Morgan fingerprint density at radius 2 is 1.97 bits per heavy atom. The lowest BCUT2D eigenvalue weighted by molar-refractivity contribution is -0.384. The van der Waals surface area contributed by atoms with Crippen molar-refractivity contribution < 1.29 is 23.9 Å². The summed E-state index contributed by atoms with van der Waals surface area (Å²) in [6.45, 7) is 2.63. The van der Waals surface area contributed by atoms with Crippen LogP contribution in [0.4, 0.5) is 11.4 Å². The second-order valence-corrected chi connectivity index (χ2v) is 7.80. The third kappa shape index (κ3) is 3.82. The van der Waals surface area contributed by atoms with Crippen molar-refractivity contribution in [2.45, 2.75) is 13.0 Å². The number of benzene rings is 2. The number of hydrogen-bond donors (Lipinski definition) is 1. The predicted octanol–water partition coefficient (Wildman–Crippen LogP) is 3.90. The third-order valence-corrected chi connectivity index (χ3v) is 5.79. The number of fused-ring (bicyclic) bond motifs is 1. The monoisotopic (exact) mass is 475 g/mol. The van der Waals surface area contributed by atoms with Gasteiger partial charge in [0.1, 0.15) is 18.2 Å². The molecule has 0 saturated carbocycles. The van der Waals surface area contributed by atoms with Gasteiger partial charge in [0.25, 0.3) is 5.69 Å². The second kappa shape index (κ2) is 8.64. The highest BCUT2D eigenvalue weighted by molar-refractivity contribution is 7.80. The van der Waals surface area contributed by atoms with Crippen LogP contribution in [0.1, 0.15) is 18.5 Å². The number of nitrogens with zero attached hydrogens (tertiary/aromatic N) is 2. The highest BCUT2D eigenvalue weighted by atomic mass is 35.5. The molecule has 0 fully saturated rings. The van der Waals surface area contributed by atoms with Gasteiger partial charge in [0, 0.05) is 17.8 Å². The summed E-state index contributed by atoms with van der Waals surface area (Å²) >= 11 is 11.6. The molecule has 4 rings (SSSR count). The van der Waals surface area contributed by atoms with E-state index in [1.807, 2.05) is 0 Å². The number of thiocarbonyl (C=S) groups is 1. The number of esters is 1. The molecule has 2 aliphatic rings. The SMILES string of the molecule is COC(=O)C1=C(C)N(c2ccc3c(c2)OCCO3)C(=S)NC1c1ccc(Cl)c([N+](=O)[O-])c1. The fraction of sp³-hybridized carbons (Fsp3) is 0.238. The molecule has 32 heavy (non-hydrogen) atoms. The minimum atomic E-state index is -0.764. The number of nitrogens with one attached hydrogen (secondary N) is 1. The third-order valence-electron chi connectivity index (χ3n) is 5.17. The molecule has 0 saturated heterocycles. The van der Waals surface area contributed by atoms with Gasteiger partial charge in [-0.05, 0) is 42.9 Å². The summed E-state index contributed by atoms with van der Waals surface area (Å²) in [6.07, 6.45) is 0. The average molecular weight is 476 g/mol. The molecule has 0 aromatic heterocycles. The molecule has 9 nitrogen and oxygen atoms in total. The van der Waals surface area contributed by atoms with Gasteiger partial charge >= 0.3 is 5.97 Å². The number of nitro benzene ring substituents is 1. The molecule has 0 radical (unpaired) electrons. The van der Waals surface area contributed by atoms with Crippen LogP contribution >= 0.6 is 23.8 Å². The van der Waals surface area contributed by atoms with E-state index in [-0.39, 0.29) is 16.3 Å². The molecule has 0 bridgehead atoms. The zero-order chi connectivity index (χ0) is 23.0. The number of nitro groups is 1. The highest BCUT2D eigenvalue weighted by Gasteiger charge is 2.36. The molecule has 2 heterocycles. The second-order valence-electron chi connectivity index (χ2n) is 7.00. The summed E-state index contributed by atoms with van der Waals surface area (Å²) in [5.74, 6) is 0.596. The zero-order valence-electron chi connectivity index (χ0n) is 17.1. The van der Waals surface area contributed by atoms with E-state index in [0.717, 1.165) is 0 Å². The summed E-state index contributed by atoms with van der Waals surface area (Å²) < 4.78 is 16.2. The van der Waals surface area contributed by atoms with Gasteiger partial charge in [0.05, 0.1) is 29.3 Å². The molecule has 0 aliphatic carbocycles. The Balaban J connectivity index is 1.82. The zero-order valence-corrected chi connectivity index (χ0v) is 18.7. The van der Waals surface area contributed by atoms with Gasteiger partial charge in [-0.3, -0.25) is 15.0 Å². The predicted molar refractivity (Wildman–Crippen MR) is 121 cm³/mol. The number of carbonyl (C=O) groups excluding carboxylic acids is 1. The summed E-state index contributed by atoms with van der Waals surface area (Å²) in [5.41, 5.74) is 1.61. The summed E-state index contributed by atoms with van der Waals surface area (Å²) in [5, 5.41) is 14.8. The molecule has 2 aromatic carbocycles. The fourth-order valence-electron chi connectivity index (χ4n) is 3.70. The number of halogens is 1. The molecule has 0 amide bonds. The standard InChI is InChI=1S/C21H18ClN3O6S/c1-11-18(20(26)29-2)19(12-3-5-14(22)15(9-12)25(27)28)23-21(32)24(11)13-4-6-16-17(10-13)31-8-7-30-16/h3-6,9-10,19H,7-8H2,1-2H3,(H,23,32). The van der Waals surface area contributed by atoms with Crippen molar-refractivity contribution in [3.8, 4) is 11.5 Å². The molecular weight excluding hydrogens is 458 g/mol. The molecule has 1 atom stereocenters. The van der Waals surface area contributed by atoms with Crippen LogP contribution < -0.4 is 19.7 Å². The Hall–Kier alpha value is -3.37. The Bertz CT molecular complexity index is 1170. The van der Waals surface area contributed by atoms with Gasteiger partial charge in [-0.1, -0.05) is 17.7 Å². The maximum Gasteiger partial charge on any atom is 0.337 e. The van der Waals surface area contributed by atoms with Crippen molar-refractivity contribution in [1.82, 2.24) is 5.32 Å². The van der Waals surface area contributed by atoms with Crippen molar-refractivity contribution >= 4 is 46.3 Å². The average Bonchev–Trinajstić information content (AvgIpc) is 2.78. The number of hydrogen-bond acceptors (Lipinski definition) is 7. The summed E-state index contributed by atoms with van der Waals surface area (Å²) in [4.78, 5) is 25.2. The molecular formula is C21H18ClN3O6S. The highest BCUT2D eigenvalue weighted by Crippen LogP contribution is 2.39. The van der Waals surface area contributed by atoms with Crippen molar-refractivity contribution in [2.75, 3.05) is 25.2 Å². The Morgan fingerprint density at radius 3 is 2.66 bits per heavy atom. The van der Waals surface area contributed by atoms with Gasteiger partial charge in [0.15, 0.2) is 16.6 Å². The van der Waals surface area contributed by atoms with Crippen LogP contribution in [0.3, 0.4) is 0 Å². The molecule has 1 N–H and O–H groups in total. The molecule has 2 aromatic rings. The van der Waals surface area contributed by atoms with Gasteiger partial charge in [-0.2, -0.15) is 0 Å². The molecule has 1 unspecified atom stereocenters. The minimum absolute atomic E-state index is 0.00430. The van der Waals surface area contributed by atoms with E-state index in [4.69, 9.17) is 38.0 Å². The molecule has 0 spiro atoms. The van der Waals surface area contributed by atoms with E-state index in [2.05, 4.69) is 5.32 Å². The van der Waals surface area contributed by atoms with E-state index in [0.29, 0.717) is 46.8 Å². The van der Waals surface area contributed by atoms with E-state index in [1.165, 1.54) is 19.2 Å². The van der Waals surface area contributed by atoms with Crippen LogP contribution in [-0.2, 0) is 9.53 Å². The first-order chi connectivity index (χ1) is 15.3. The number of allylic oxidation sites excluding steroid dienone is 1. The van der Waals surface area contributed by atoms with Crippen LogP contribution in [0.5, 0.6) is 11.5 Å². The number of anilines is 1. The van der Waals surface area contributed by atoms with E-state index in [1.54, 1.807) is 36.1 Å². The lowest BCUT2D eigenvalue weighted by Gasteiger charge is -2.37. The number of carbonyl (C=O) groups is 1.